The fourth-order valence-electron chi connectivity index (χ4n) is 5.05. The topological polar surface area (TPSA) is 92.8 Å². The monoisotopic (exact) mass is 462 g/mol. The van der Waals surface area contributed by atoms with Gasteiger partial charge < -0.3 is 10.1 Å². The molecule has 0 radical (unpaired) electrons. The van der Waals surface area contributed by atoms with Gasteiger partial charge in [-0.25, -0.2) is 0 Å². The first-order chi connectivity index (χ1) is 13.8. The summed E-state index contributed by atoms with van der Waals surface area (Å²) in [5.74, 6) is -1.72. The van der Waals surface area contributed by atoms with Crippen LogP contribution in [0.4, 0.5) is 5.69 Å². The predicted octanol–water partition coefficient (Wildman–Crippen LogP) is 2.58. The Morgan fingerprint density at radius 2 is 1.72 bits per heavy atom. The first-order valence-corrected chi connectivity index (χ1v) is 10.6. The number of esters is 1. The third kappa shape index (κ3) is 3.58. The summed E-state index contributed by atoms with van der Waals surface area (Å²) in [4.78, 5) is 50.6. The summed E-state index contributed by atoms with van der Waals surface area (Å²) in [5, 5.41) is 2.71. The van der Waals surface area contributed by atoms with Crippen molar-refractivity contribution in [3.05, 3.63) is 27.7 Å². The molecule has 1 heterocycles. The second-order valence-electron chi connectivity index (χ2n) is 8.27. The number of anilines is 1. The highest BCUT2D eigenvalue weighted by atomic mass is 79.9. The normalized spacial score (nSPS) is 27.3. The Morgan fingerprint density at radius 3 is 2.34 bits per heavy atom. The fourth-order valence-corrected chi connectivity index (χ4v) is 5.51. The van der Waals surface area contributed by atoms with Crippen molar-refractivity contribution in [3.63, 3.8) is 0 Å². The molecule has 1 aromatic carbocycles. The molecule has 3 amide bonds. The molecule has 1 saturated heterocycles. The molecule has 2 saturated carbocycles. The smallest absolute Gasteiger partial charge is 0.326 e. The number of benzene rings is 1. The zero-order chi connectivity index (χ0) is 20.9. The van der Waals surface area contributed by atoms with E-state index < -0.39 is 25.0 Å². The van der Waals surface area contributed by atoms with E-state index in [1.165, 1.54) is 0 Å². The number of likely N-dealkylation sites (tertiary alicyclic amines) is 1. The number of ether oxygens (including phenoxy) is 1. The van der Waals surface area contributed by atoms with Gasteiger partial charge in [0, 0.05) is 10.2 Å². The summed E-state index contributed by atoms with van der Waals surface area (Å²) in [6.07, 6.45) is 2.91. The lowest BCUT2D eigenvalue weighted by atomic mass is 9.81. The van der Waals surface area contributed by atoms with Crippen LogP contribution in [0.15, 0.2) is 16.6 Å². The van der Waals surface area contributed by atoms with Gasteiger partial charge in [0.15, 0.2) is 6.61 Å². The third-order valence-electron chi connectivity index (χ3n) is 6.45. The Hall–Kier alpha value is -2.22. The summed E-state index contributed by atoms with van der Waals surface area (Å²) in [7, 11) is 0. The van der Waals surface area contributed by atoms with Crippen LogP contribution in [0.3, 0.4) is 0 Å². The standard InChI is InChI=1S/C21H23BrN2O5/c1-10-6-15(11(2)5-14(10)22)23-16(25)9-29-17(26)8-24-20(27)18-12-3-4-13(7-12)19(18)21(24)28/h5-6,12-13,18-19H,3-4,7-9H2,1-2H3,(H,23,25)/t12-,13-,18-,19-/m0/s1. The minimum absolute atomic E-state index is 0.255. The summed E-state index contributed by atoms with van der Waals surface area (Å²) >= 11 is 3.43. The number of fused-ring (bicyclic) bond motifs is 5. The molecule has 1 aliphatic heterocycles. The van der Waals surface area contributed by atoms with Crippen LogP contribution < -0.4 is 5.32 Å². The molecule has 4 rings (SSSR count). The van der Waals surface area contributed by atoms with Crippen molar-refractivity contribution in [2.24, 2.45) is 23.7 Å². The molecular formula is C21H23BrN2O5. The number of nitrogens with zero attached hydrogens (tertiary/aromatic N) is 1. The van der Waals surface area contributed by atoms with Crippen molar-refractivity contribution >= 4 is 45.3 Å². The highest BCUT2D eigenvalue weighted by Crippen LogP contribution is 2.56. The van der Waals surface area contributed by atoms with Gasteiger partial charge in [0.05, 0.1) is 11.8 Å². The number of hydrogen-bond donors (Lipinski definition) is 1. The molecule has 0 unspecified atom stereocenters. The number of imide groups is 1. The van der Waals surface area contributed by atoms with Gasteiger partial charge in [-0.3, -0.25) is 24.1 Å². The van der Waals surface area contributed by atoms with E-state index in [1.54, 1.807) is 0 Å². The number of carbonyl (C=O) groups is 4. The van der Waals surface area contributed by atoms with E-state index in [-0.39, 0.29) is 35.5 Å². The van der Waals surface area contributed by atoms with Gasteiger partial charge in [0.2, 0.25) is 11.8 Å². The van der Waals surface area contributed by atoms with Gasteiger partial charge in [-0.1, -0.05) is 15.9 Å². The van der Waals surface area contributed by atoms with E-state index in [4.69, 9.17) is 4.74 Å². The Morgan fingerprint density at radius 1 is 1.10 bits per heavy atom. The summed E-state index contributed by atoms with van der Waals surface area (Å²) < 4.78 is 5.96. The first kappa shape index (κ1) is 20.1. The Bertz CT molecular complexity index is 887. The van der Waals surface area contributed by atoms with Crippen LogP contribution in [0.1, 0.15) is 30.4 Å². The molecule has 154 valence electrons. The van der Waals surface area contributed by atoms with Gasteiger partial charge in [-0.15, -0.1) is 0 Å². The molecule has 1 aromatic rings. The number of amides is 3. The highest BCUT2D eigenvalue weighted by Gasteiger charge is 2.61. The molecule has 3 fully saturated rings. The van der Waals surface area contributed by atoms with Crippen molar-refractivity contribution in [1.82, 2.24) is 4.90 Å². The van der Waals surface area contributed by atoms with Crippen LogP contribution in [0.25, 0.3) is 0 Å². The minimum atomic E-state index is -0.752. The van der Waals surface area contributed by atoms with Crippen molar-refractivity contribution in [2.75, 3.05) is 18.5 Å². The number of nitrogens with one attached hydrogen (secondary N) is 1. The number of aryl methyl sites for hydroxylation is 2. The maximum atomic E-state index is 12.6. The molecule has 0 aromatic heterocycles. The second-order valence-corrected chi connectivity index (χ2v) is 9.13. The fraction of sp³-hybridized carbons (Fsp3) is 0.524. The first-order valence-electron chi connectivity index (χ1n) is 9.83. The van der Waals surface area contributed by atoms with Gasteiger partial charge in [0.25, 0.3) is 5.91 Å². The molecule has 2 bridgehead atoms. The van der Waals surface area contributed by atoms with Gasteiger partial charge in [-0.2, -0.15) is 0 Å². The van der Waals surface area contributed by atoms with Crippen LogP contribution in [0.5, 0.6) is 0 Å². The van der Waals surface area contributed by atoms with E-state index in [0.717, 1.165) is 39.8 Å². The van der Waals surface area contributed by atoms with Crippen LogP contribution in [0.2, 0.25) is 0 Å². The van der Waals surface area contributed by atoms with Gasteiger partial charge in [0.1, 0.15) is 6.54 Å². The highest BCUT2D eigenvalue weighted by molar-refractivity contribution is 9.10. The number of hydrogen-bond acceptors (Lipinski definition) is 5. The molecule has 0 spiro atoms. The molecule has 1 N–H and O–H groups in total. The molecule has 7 nitrogen and oxygen atoms in total. The lowest BCUT2D eigenvalue weighted by molar-refractivity contribution is -0.154. The minimum Gasteiger partial charge on any atom is -0.454 e. The summed E-state index contributed by atoms with van der Waals surface area (Å²) in [6.45, 7) is 2.88. The van der Waals surface area contributed by atoms with Crippen LogP contribution >= 0.6 is 15.9 Å². The third-order valence-corrected chi connectivity index (χ3v) is 7.30. The van der Waals surface area contributed by atoms with Gasteiger partial charge in [-0.05, 0) is 68.2 Å². The van der Waals surface area contributed by atoms with E-state index in [2.05, 4.69) is 21.2 Å². The average molecular weight is 463 g/mol. The van der Waals surface area contributed by atoms with Crippen molar-refractivity contribution in [3.8, 4) is 0 Å². The zero-order valence-electron chi connectivity index (χ0n) is 16.4. The molecule has 4 atom stereocenters. The van der Waals surface area contributed by atoms with Crippen molar-refractivity contribution < 1.29 is 23.9 Å². The Balaban J connectivity index is 1.30. The molecule has 3 aliphatic rings. The van der Waals surface area contributed by atoms with Gasteiger partial charge >= 0.3 is 5.97 Å². The zero-order valence-corrected chi connectivity index (χ0v) is 18.0. The predicted molar refractivity (Wildman–Crippen MR) is 108 cm³/mol. The Kier molecular flexibility index (Phi) is 5.23. The van der Waals surface area contributed by atoms with Crippen LogP contribution in [0, 0.1) is 37.5 Å². The van der Waals surface area contributed by atoms with Crippen molar-refractivity contribution in [2.45, 2.75) is 33.1 Å². The average Bonchev–Trinajstić information content (AvgIpc) is 3.34. The largest absolute Gasteiger partial charge is 0.454 e. The quantitative estimate of drug-likeness (QED) is 0.536. The molecule has 2 aliphatic carbocycles. The molecule has 8 heteroatoms. The van der Waals surface area contributed by atoms with E-state index in [9.17, 15) is 19.2 Å². The summed E-state index contributed by atoms with van der Waals surface area (Å²) in [5.41, 5.74) is 2.48. The van der Waals surface area contributed by atoms with Crippen molar-refractivity contribution in [1.29, 1.82) is 0 Å². The van der Waals surface area contributed by atoms with Crippen LogP contribution in [-0.4, -0.2) is 41.7 Å². The van der Waals surface area contributed by atoms with E-state index in [0.29, 0.717) is 5.69 Å². The van der Waals surface area contributed by atoms with Crippen LogP contribution in [-0.2, 0) is 23.9 Å². The molecular weight excluding hydrogens is 440 g/mol. The number of rotatable bonds is 5. The summed E-state index contributed by atoms with van der Waals surface area (Å²) in [6, 6.07) is 3.72. The maximum absolute atomic E-state index is 12.6. The number of carbonyl (C=O) groups excluding carboxylic acids is 4. The SMILES string of the molecule is Cc1cc(NC(=O)COC(=O)CN2C(=O)[C@H]3[C@H]4CC[C@@H](C4)[C@@H]3C2=O)c(C)cc1Br. The maximum Gasteiger partial charge on any atom is 0.326 e. The Labute approximate surface area is 177 Å². The lowest BCUT2D eigenvalue weighted by Crippen LogP contribution is -2.38. The second kappa shape index (κ2) is 7.55. The number of halogens is 1. The van der Waals surface area contributed by atoms with E-state index in [1.807, 2.05) is 26.0 Å². The van der Waals surface area contributed by atoms with E-state index >= 15 is 0 Å². The molecule has 29 heavy (non-hydrogen) atoms. The lowest BCUT2D eigenvalue weighted by Gasteiger charge is -2.19.